The normalized spacial score (nSPS) is 26.6. The highest BCUT2D eigenvalue weighted by atomic mass is 35.5. The standard InChI is InChI=1S/C12H18N4O.ClH/c1-8-6-11(15-14-8)12(17)16-9-2-3-10(16)7-13-5-4-9;/h6,9-10,13H,2-5,7H2,1H3,(H,14,15);1H. The Labute approximate surface area is 113 Å². The van der Waals surface area contributed by atoms with Crippen molar-refractivity contribution in [2.75, 3.05) is 13.1 Å². The van der Waals surface area contributed by atoms with Gasteiger partial charge in [0.25, 0.3) is 5.91 Å². The number of hydrogen-bond donors (Lipinski definition) is 2. The number of hydrogen-bond acceptors (Lipinski definition) is 3. The van der Waals surface area contributed by atoms with Gasteiger partial charge in [-0.25, -0.2) is 0 Å². The van der Waals surface area contributed by atoms with E-state index in [0.717, 1.165) is 38.0 Å². The van der Waals surface area contributed by atoms with Crippen LogP contribution in [0.2, 0.25) is 0 Å². The van der Waals surface area contributed by atoms with E-state index >= 15 is 0 Å². The number of amides is 1. The molecule has 2 saturated heterocycles. The summed E-state index contributed by atoms with van der Waals surface area (Å²) in [5.74, 6) is 0.0885. The van der Waals surface area contributed by atoms with Crippen molar-refractivity contribution in [3.05, 3.63) is 17.5 Å². The Balaban J connectivity index is 0.00000120. The van der Waals surface area contributed by atoms with Crippen LogP contribution in [0.1, 0.15) is 35.4 Å². The first-order chi connectivity index (χ1) is 8.25. The third-order valence-corrected chi connectivity index (χ3v) is 3.81. The number of carbonyl (C=O) groups excluding carboxylic acids is 1. The van der Waals surface area contributed by atoms with E-state index in [1.54, 1.807) is 0 Å². The minimum absolute atomic E-state index is 0. The van der Waals surface area contributed by atoms with Crippen LogP contribution < -0.4 is 5.32 Å². The van der Waals surface area contributed by atoms with Crippen LogP contribution >= 0.6 is 12.4 Å². The van der Waals surface area contributed by atoms with Crippen molar-refractivity contribution in [3.8, 4) is 0 Å². The van der Waals surface area contributed by atoms with E-state index in [0.29, 0.717) is 17.8 Å². The minimum atomic E-state index is 0. The van der Waals surface area contributed by atoms with Crippen LogP contribution in [-0.2, 0) is 0 Å². The van der Waals surface area contributed by atoms with Gasteiger partial charge in [-0.15, -0.1) is 12.4 Å². The van der Waals surface area contributed by atoms with Crippen molar-refractivity contribution in [1.82, 2.24) is 20.4 Å². The fourth-order valence-electron chi connectivity index (χ4n) is 2.97. The molecular weight excluding hydrogens is 252 g/mol. The Hall–Kier alpha value is -1.07. The molecular formula is C12H19ClN4O. The molecule has 2 fully saturated rings. The fourth-order valence-corrected chi connectivity index (χ4v) is 2.97. The maximum Gasteiger partial charge on any atom is 0.274 e. The Morgan fingerprint density at radius 1 is 1.39 bits per heavy atom. The Morgan fingerprint density at radius 3 is 2.89 bits per heavy atom. The predicted octanol–water partition coefficient (Wildman–Crippen LogP) is 1.11. The zero-order chi connectivity index (χ0) is 11.8. The summed E-state index contributed by atoms with van der Waals surface area (Å²) in [6.07, 6.45) is 3.32. The summed E-state index contributed by atoms with van der Waals surface area (Å²) in [6, 6.07) is 2.59. The average molecular weight is 271 g/mol. The largest absolute Gasteiger partial charge is 0.330 e. The molecule has 1 amide bonds. The zero-order valence-corrected chi connectivity index (χ0v) is 11.3. The van der Waals surface area contributed by atoms with Gasteiger partial charge >= 0.3 is 0 Å². The first-order valence-corrected chi connectivity index (χ1v) is 6.31. The van der Waals surface area contributed by atoms with Gasteiger partial charge in [0.05, 0.1) is 0 Å². The number of rotatable bonds is 1. The number of carbonyl (C=O) groups is 1. The van der Waals surface area contributed by atoms with Crippen molar-refractivity contribution in [2.24, 2.45) is 0 Å². The van der Waals surface area contributed by atoms with Gasteiger partial charge in [0.15, 0.2) is 0 Å². The molecule has 2 bridgehead atoms. The number of halogens is 1. The lowest BCUT2D eigenvalue weighted by Crippen LogP contribution is -2.42. The molecule has 2 unspecified atom stereocenters. The topological polar surface area (TPSA) is 61.0 Å². The highest BCUT2D eigenvalue weighted by Crippen LogP contribution is 2.29. The van der Waals surface area contributed by atoms with Crippen LogP contribution in [0, 0.1) is 6.92 Å². The molecule has 2 aliphatic heterocycles. The third-order valence-electron chi connectivity index (χ3n) is 3.81. The molecule has 1 aromatic heterocycles. The van der Waals surface area contributed by atoms with Crippen LogP contribution in [0.15, 0.2) is 6.07 Å². The van der Waals surface area contributed by atoms with Crippen molar-refractivity contribution in [3.63, 3.8) is 0 Å². The fraction of sp³-hybridized carbons (Fsp3) is 0.667. The number of nitrogens with zero attached hydrogens (tertiary/aromatic N) is 2. The van der Waals surface area contributed by atoms with Gasteiger partial charge in [-0.2, -0.15) is 5.10 Å². The molecule has 6 heteroatoms. The van der Waals surface area contributed by atoms with Gasteiger partial charge < -0.3 is 10.2 Å². The van der Waals surface area contributed by atoms with Gasteiger partial charge in [0.2, 0.25) is 0 Å². The molecule has 1 aromatic rings. The molecule has 100 valence electrons. The highest BCUT2D eigenvalue weighted by Gasteiger charge is 2.38. The van der Waals surface area contributed by atoms with Crippen LogP contribution in [0.3, 0.4) is 0 Å². The van der Waals surface area contributed by atoms with Gasteiger partial charge in [-0.05, 0) is 38.8 Å². The molecule has 0 radical (unpaired) electrons. The smallest absolute Gasteiger partial charge is 0.274 e. The Morgan fingerprint density at radius 2 is 2.17 bits per heavy atom. The molecule has 2 N–H and O–H groups in total. The van der Waals surface area contributed by atoms with Gasteiger partial charge in [0.1, 0.15) is 5.69 Å². The monoisotopic (exact) mass is 270 g/mol. The first-order valence-electron chi connectivity index (χ1n) is 6.31. The molecule has 3 heterocycles. The highest BCUT2D eigenvalue weighted by molar-refractivity contribution is 5.93. The number of H-pyrrole nitrogens is 1. The van der Waals surface area contributed by atoms with Gasteiger partial charge in [-0.3, -0.25) is 9.89 Å². The molecule has 0 spiro atoms. The number of nitrogens with one attached hydrogen (secondary N) is 2. The van der Waals surface area contributed by atoms with E-state index in [1.807, 2.05) is 13.0 Å². The molecule has 0 aromatic carbocycles. The van der Waals surface area contributed by atoms with Crippen molar-refractivity contribution in [1.29, 1.82) is 0 Å². The maximum atomic E-state index is 12.4. The second-order valence-corrected chi connectivity index (χ2v) is 5.03. The third kappa shape index (κ3) is 2.24. The number of aromatic nitrogens is 2. The lowest BCUT2D eigenvalue weighted by molar-refractivity contribution is 0.0674. The van der Waals surface area contributed by atoms with Crippen LogP contribution in [0.4, 0.5) is 0 Å². The van der Waals surface area contributed by atoms with E-state index in [9.17, 15) is 4.79 Å². The summed E-state index contributed by atoms with van der Waals surface area (Å²) >= 11 is 0. The molecule has 2 atom stereocenters. The van der Waals surface area contributed by atoms with E-state index in [2.05, 4.69) is 20.4 Å². The average Bonchev–Trinajstić information content (AvgIpc) is 2.81. The lowest BCUT2D eigenvalue weighted by Gasteiger charge is -2.26. The number of aryl methyl sites for hydroxylation is 1. The van der Waals surface area contributed by atoms with E-state index in [-0.39, 0.29) is 18.3 Å². The predicted molar refractivity (Wildman–Crippen MR) is 71.0 cm³/mol. The van der Waals surface area contributed by atoms with Crippen molar-refractivity contribution >= 4 is 18.3 Å². The summed E-state index contributed by atoms with van der Waals surface area (Å²) in [6.45, 7) is 3.86. The summed E-state index contributed by atoms with van der Waals surface area (Å²) in [5, 5.41) is 10.3. The number of aromatic amines is 1. The summed E-state index contributed by atoms with van der Waals surface area (Å²) in [4.78, 5) is 14.5. The summed E-state index contributed by atoms with van der Waals surface area (Å²) in [7, 11) is 0. The van der Waals surface area contributed by atoms with Crippen LogP contribution in [-0.4, -0.2) is 46.2 Å². The maximum absolute atomic E-state index is 12.4. The second kappa shape index (κ2) is 5.28. The summed E-state index contributed by atoms with van der Waals surface area (Å²) < 4.78 is 0. The Kier molecular flexibility index (Phi) is 3.92. The molecule has 0 aliphatic carbocycles. The second-order valence-electron chi connectivity index (χ2n) is 5.03. The minimum Gasteiger partial charge on any atom is -0.330 e. The van der Waals surface area contributed by atoms with Crippen LogP contribution in [0.5, 0.6) is 0 Å². The number of fused-ring (bicyclic) bond motifs is 2. The first kappa shape index (κ1) is 13.4. The quantitative estimate of drug-likeness (QED) is 0.804. The van der Waals surface area contributed by atoms with E-state index in [1.165, 1.54) is 0 Å². The lowest BCUT2D eigenvalue weighted by atomic mass is 10.1. The van der Waals surface area contributed by atoms with Gasteiger partial charge in [-0.1, -0.05) is 0 Å². The Bertz CT molecular complexity index is 419. The summed E-state index contributed by atoms with van der Waals surface area (Å²) in [5.41, 5.74) is 1.50. The van der Waals surface area contributed by atoms with Crippen LogP contribution in [0.25, 0.3) is 0 Å². The molecule has 18 heavy (non-hydrogen) atoms. The SMILES string of the molecule is Cc1cc(C(=O)N2C3CCNCC2CC3)n[nH]1.Cl. The van der Waals surface area contributed by atoms with E-state index in [4.69, 9.17) is 0 Å². The van der Waals surface area contributed by atoms with E-state index < -0.39 is 0 Å². The molecule has 2 aliphatic rings. The molecule has 0 saturated carbocycles. The zero-order valence-electron chi connectivity index (χ0n) is 10.5. The molecule has 3 rings (SSSR count). The molecule has 5 nitrogen and oxygen atoms in total. The van der Waals surface area contributed by atoms with Gasteiger partial charge in [0, 0.05) is 24.3 Å². The van der Waals surface area contributed by atoms with Crippen molar-refractivity contribution in [2.45, 2.75) is 38.3 Å². The van der Waals surface area contributed by atoms with Crippen molar-refractivity contribution < 1.29 is 4.79 Å².